The molecule has 0 saturated heterocycles. The normalized spacial score (nSPS) is 10.8. The van der Waals surface area contributed by atoms with Crippen molar-refractivity contribution < 1.29 is 9.32 Å². The summed E-state index contributed by atoms with van der Waals surface area (Å²) >= 11 is 5.97. The number of H-pyrrole nitrogens is 1. The van der Waals surface area contributed by atoms with Crippen LogP contribution in [0.1, 0.15) is 23.3 Å². The molecule has 3 heterocycles. The van der Waals surface area contributed by atoms with Crippen LogP contribution < -0.4 is 10.9 Å². The van der Waals surface area contributed by atoms with Crippen molar-refractivity contribution in [3.63, 3.8) is 0 Å². The first kappa shape index (κ1) is 15.9. The second kappa shape index (κ2) is 6.67. The van der Waals surface area contributed by atoms with E-state index in [1.54, 1.807) is 23.0 Å². The van der Waals surface area contributed by atoms with E-state index in [2.05, 4.69) is 25.5 Å². The van der Waals surface area contributed by atoms with Crippen molar-refractivity contribution in [2.75, 3.05) is 0 Å². The topological polar surface area (TPSA) is 119 Å². The van der Waals surface area contributed by atoms with Crippen LogP contribution in [0.25, 0.3) is 11.4 Å². The minimum Gasteiger partial charge on any atom is -0.342 e. The summed E-state index contributed by atoms with van der Waals surface area (Å²) in [6.45, 7) is 2.48. The summed E-state index contributed by atoms with van der Waals surface area (Å²) in [5.74, 6) is -0.147. The number of aryl methyl sites for hydroxylation is 1. The van der Waals surface area contributed by atoms with Crippen LogP contribution in [0, 0.1) is 0 Å². The van der Waals surface area contributed by atoms with Crippen molar-refractivity contribution in [1.82, 2.24) is 30.2 Å². The number of aromatic nitrogens is 5. The number of pyridine rings is 1. The molecule has 0 aliphatic rings. The van der Waals surface area contributed by atoms with Gasteiger partial charge in [0.25, 0.3) is 11.5 Å². The predicted molar refractivity (Wildman–Crippen MR) is 84.4 cm³/mol. The van der Waals surface area contributed by atoms with Crippen LogP contribution in [0.4, 0.5) is 0 Å². The molecule has 3 aromatic rings. The van der Waals surface area contributed by atoms with Crippen molar-refractivity contribution in [3.05, 3.63) is 51.5 Å². The number of hydrogen-bond acceptors (Lipinski definition) is 6. The number of carbonyl (C=O) groups excluding carboxylic acids is 1. The zero-order chi connectivity index (χ0) is 17.1. The van der Waals surface area contributed by atoms with Gasteiger partial charge in [-0.25, -0.2) is 0 Å². The summed E-state index contributed by atoms with van der Waals surface area (Å²) in [7, 11) is 0. The molecule has 0 aliphatic carbocycles. The van der Waals surface area contributed by atoms with Crippen LogP contribution in [-0.2, 0) is 13.1 Å². The molecule has 24 heavy (non-hydrogen) atoms. The number of aromatic amines is 1. The van der Waals surface area contributed by atoms with Gasteiger partial charge in [0.2, 0.25) is 11.7 Å². The Hall–Kier alpha value is -2.94. The van der Waals surface area contributed by atoms with Crippen molar-refractivity contribution >= 4 is 17.5 Å². The van der Waals surface area contributed by atoms with Crippen molar-refractivity contribution in [3.8, 4) is 11.4 Å². The minimum atomic E-state index is -0.454. The minimum absolute atomic E-state index is 0.00805. The molecule has 0 aromatic carbocycles. The number of carbonyl (C=O) groups is 1. The third-order valence-electron chi connectivity index (χ3n) is 3.18. The number of nitrogens with one attached hydrogen (secondary N) is 2. The summed E-state index contributed by atoms with van der Waals surface area (Å²) in [5, 5.41) is 10.6. The third kappa shape index (κ3) is 3.20. The molecular formula is C14H13ClN6O3. The predicted octanol–water partition coefficient (Wildman–Crippen LogP) is 1.22. The Labute approximate surface area is 140 Å². The quantitative estimate of drug-likeness (QED) is 0.715. The van der Waals surface area contributed by atoms with Gasteiger partial charge in [-0.1, -0.05) is 16.8 Å². The fourth-order valence-corrected chi connectivity index (χ4v) is 2.22. The molecular weight excluding hydrogens is 336 g/mol. The van der Waals surface area contributed by atoms with Crippen LogP contribution in [0.3, 0.4) is 0 Å². The molecule has 0 radical (unpaired) electrons. The van der Waals surface area contributed by atoms with E-state index in [0.717, 1.165) is 0 Å². The Morgan fingerprint density at radius 2 is 2.33 bits per heavy atom. The lowest BCUT2D eigenvalue weighted by molar-refractivity contribution is 0.0940. The molecule has 124 valence electrons. The highest BCUT2D eigenvalue weighted by atomic mass is 35.5. The van der Waals surface area contributed by atoms with Gasteiger partial charge in [0, 0.05) is 18.9 Å². The molecule has 0 atom stereocenters. The molecule has 3 aromatic heterocycles. The number of hydrogen-bond donors (Lipinski definition) is 2. The second-order valence-corrected chi connectivity index (χ2v) is 5.20. The van der Waals surface area contributed by atoms with Crippen LogP contribution >= 0.6 is 11.6 Å². The smallest absolute Gasteiger partial charge is 0.273 e. The van der Waals surface area contributed by atoms with Gasteiger partial charge >= 0.3 is 0 Å². The molecule has 9 nitrogen and oxygen atoms in total. The molecule has 0 aliphatic heterocycles. The zero-order valence-electron chi connectivity index (χ0n) is 12.6. The molecule has 2 N–H and O–H groups in total. The van der Waals surface area contributed by atoms with Gasteiger partial charge in [-0.05, 0) is 19.1 Å². The molecule has 3 rings (SSSR count). The Morgan fingerprint density at radius 3 is 3.04 bits per heavy atom. The first-order chi connectivity index (χ1) is 11.6. The SMILES string of the molecule is CCn1cc(Cl)c(C(=O)NCc2nc(-c3ccc[nH]c3=O)no2)n1. The van der Waals surface area contributed by atoms with Gasteiger partial charge in [0.15, 0.2) is 5.69 Å². The van der Waals surface area contributed by atoms with Gasteiger partial charge in [0.05, 0.1) is 17.1 Å². The number of nitrogens with zero attached hydrogens (tertiary/aromatic N) is 4. The van der Waals surface area contributed by atoms with E-state index in [-0.39, 0.29) is 40.1 Å². The molecule has 0 spiro atoms. The Bertz CT molecular complexity index is 928. The van der Waals surface area contributed by atoms with Gasteiger partial charge in [0.1, 0.15) is 0 Å². The molecule has 10 heteroatoms. The van der Waals surface area contributed by atoms with Crippen LogP contribution in [-0.4, -0.2) is 30.8 Å². The highest BCUT2D eigenvalue weighted by Gasteiger charge is 2.17. The monoisotopic (exact) mass is 348 g/mol. The summed E-state index contributed by atoms with van der Waals surface area (Å²) in [5.41, 5.74) is 0.0760. The van der Waals surface area contributed by atoms with E-state index in [1.807, 2.05) is 6.92 Å². The standard InChI is InChI=1S/C14H13ClN6O3/c1-2-21-7-9(15)11(19-21)14(23)17-6-10-18-12(20-24-10)8-4-3-5-16-13(8)22/h3-5,7H,2,6H2,1H3,(H,16,22)(H,17,23). The van der Waals surface area contributed by atoms with E-state index in [1.165, 1.54) is 6.20 Å². The van der Waals surface area contributed by atoms with Crippen LogP contribution in [0.2, 0.25) is 5.02 Å². The molecule has 0 fully saturated rings. The second-order valence-electron chi connectivity index (χ2n) is 4.79. The largest absolute Gasteiger partial charge is 0.342 e. The first-order valence-electron chi connectivity index (χ1n) is 7.10. The molecule has 0 saturated carbocycles. The lowest BCUT2D eigenvalue weighted by atomic mass is 10.3. The average Bonchev–Trinajstić information content (AvgIpc) is 3.19. The zero-order valence-corrected chi connectivity index (χ0v) is 13.4. The van der Waals surface area contributed by atoms with Gasteiger partial charge < -0.3 is 14.8 Å². The molecule has 1 amide bonds. The number of halogens is 1. The van der Waals surface area contributed by atoms with E-state index in [4.69, 9.17) is 16.1 Å². The Morgan fingerprint density at radius 1 is 1.50 bits per heavy atom. The summed E-state index contributed by atoms with van der Waals surface area (Å²) in [4.78, 5) is 30.4. The van der Waals surface area contributed by atoms with E-state index in [0.29, 0.717) is 6.54 Å². The average molecular weight is 349 g/mol. The number of amides is 1. The van der Waals surface area contributed by atoms with Gasteiger partial charge in [-0.2, -0.15) is 10.1 Å². The fourth-order valence-electron chi connectivity index (χ4n) is 1.99. The Balaban J connectivity index is 1.69. The first-order valence-corrected chi connectivity index (χ1v) is 7.48. The van der Waals surface area contributed by atoms with E-state index >= 15 is 0 Å². The highest BCUT2D eigenvalue weighted by molar-refractivity contribution is 6.33. The van der Waals surface area contributed by atoms with Crippen molar-refractivity contribution in [1.29, 1.82) is 0 Å². The lowest BCUT2D eigenvalue weighted by Crippen LogP contribution is -2.24. The molecule has 0 bridgehead atoms. The van der Waals surface area contributed by atoms with E-state index in [9.17, 15) is 9.59 Å². The maximum atomic E-state index is 12.1. The van der Waals surface area contributed by atoms with Crippen molar-refractivity contribution in [2.45, 2.75) is 20.0 Å². The van der Waals surface area contributed by atoms with Crippen molar-refractivity contribution in [2.24, 2.45) is 0 Å². The van der Waals surface area contributed by atoms with Crippen LogP contribution in [0.15, 0.2) is 33.8 Å². The number of rotatable bonds is 5. The lowest BCUT2D eigenvalue weighted by Gasteiger charge is -1.99. The third-order valence-corrected chi connectivity index (χ3v) is 3.46. The van der Waals surface area contributed by atoms with Crippen LogP contribution in [0.5, 0.6) is 0 Å². The summed E-state index contributed by atoms with van der Waals surface area (Å²) in [6, 6.07) is 3.23. The fraction of sp³-hybridized carbons (Fsp3) is 0.214. The summed E-state index contributed by atoms with van der Waals surface area (Å²) in [6.07, 6.45) is 3.08. The highest BCUT2D eigenvalue weighted by Crippen LogP contribution is 2.14. The maximum absolute atomic E-state index is 12.1. The molecule has 0 unspecified atom stereocenters. The maximum Gasteiger partial charge on any atom is 0.273 e. The Kier molecular flexibility index (Phi) is 4.43. The van der Waals surface area contributed by atoms with Gasteiger partial charge in [-0.3, -0.25) is 14.3 Å². The summed E-state index contributed by atoms with van der Waals surface area (Å²) < 4.78 is 6.59. The van der Waals surface area contributed by atoms with E-state index < -0.39 is 5.91 Å². The van der Waals surface area contributed by atoms with Gasteiger partial charge in [-0.15, -0.1) is 0 Å².